The number of hydrogen-bond acceptors (Lipinski definition) is 3. The van der Waals surface area contributed by atoms with Crippen LogP contribution in [0.1, 0.15) is 20.8 Å². The molecule has 2 atom stereocenters. The van der Waals surface area contributed by atoms with Crippen LogP contribution in [0.3, 0.4) is 0 Å². The summed E-state index contributed by atoms with van der Waals surface area (Å²) >= 11 is 0. The number of carbonyl (C=O) groups is 2. The van der Waals surface area contributed by atoms with Crippen molar-refractivity contribution in [3.05, 3.63) is 0 Å². The number of aliphatic carboxylic acids is 2. The SMILES string of the molecule is CCN(CC)[C@H](C(=O)O)[C@H](C)C(=O)O. The van der Waals surface area contributed by atoms with E-state index in [-0.39, 0.29) is 0 Å². The average Bonchev–Trinajstić information content (AvgIpc) is 2.12. The molecule has 2 N–H and O–H groups in total. The monoisotopic (exact) mass is 203 g/mol. The number of nitrogens with zero attached hydrogens (tertiary/aromatic N) is 1. The summed E-state index contributed by atoms with van der Waals surface area (Å²) in [5.41, 5.74) is 0. The molecule has 82 valence electrons. The lowest BCUT2D eigenvalue weighted by Gasteiger charge is -2.28. The van der Waals surface area contributed by atoms with E-state index in [2.05, 4.69) is 0 Å². The molecule has 0 spiro atoms. The molecule has 0 saturated heterocycles. The minimum Gasteiger partial charge on any atom is -0.481 e. The van der Waals surface area contributed by atoms with Crippen molar-refractivity contribution in [1.82, 2.24) is 4.90 Å². The third-order valence-corrected chi connectivity index (χ3v) is 2.32. The molecule has 0 amide bonds. The Hall–Kier alpha value is -1.10. The van der Waals surface area contributed by atoms with Crippen LogP contribution in [0.5, 0.6) is 0 Å². The van der Waals surface area contributed by atoms with Crippen molar-refractivity contribution in [3.63, 3.8) is 0 Å². The highest BCUT2D eigenvalue weighted by Gasteiger charge is 2.33. The van der Waals surface area contributed by atoms with E-state index >= 15 is 0 Å². The summed E-state index contributed by atoms with van der Waals surface area (Å²) in [6.07, 6.45) is 0. The van der Waals surface area contributed by atoms with Gasteiger partial charge in [0.25, 0.3) is 0 Å². The zero-order valence-corrected chi connectivity index (χ0v) is 8.73. The van der Waals surface area contributed by atoms with Crippen LogP contribution >= 0.6 is 0 Å². The van der Waals surface area contributed by atoms with Gasteiger partial charge in [0.05, 0.1) is 5.92 Å². The summed E-state index contributed by atoms with van der Waals surface area (Å²) in [4.78, 5) is 23.2. The second kappa shape index (κ2) is 5.59. The molecular formula is C9H17NO4. The maximum absolute atomic E-state index is 10.9. The standard InChI is InChI=1S/C9H17NO4/c1-4-10(5-2)7(9(13)14)6(3)8(11)12/h6-7H,4-5H2,1-3H3,(H,11,12)(H,13,14)/t6-,7-/m0/s1. The Labute approximate surface area is 83.3 Å². The Bertz CT molecular complexity index is 213. The van der Waals surface area contributed by atoms with Gasteiger partial charge in [-0.3, -0.25) is 14.5 Å². The number of likely N-dealkylation sites (N-methyl/N-ethyl adjacent to an activating group) is 1. The second-order valence-electron chi connectivity index (χ2n) is 3.13. The minimum atomic E-state index is -1.08. The number of hydrogen-bond donors (Lipinski definition) is 2. The molecule has 5 nitrogen and oxygen atoms in total. The third kappa shape index (κ3) is 2.99. The fourth-order valence-corrected chi connectivity index (χ4v) is 1.44. The van der Waals surface area contributed by atoms with Crippen molar-refractivity contribution in [2.45, 2.75) is 26.8 Å². The van der Waals surface area contributed by atoms with Crippen LogP contribution in [0, 0.1) is 5.92 Å². The van der Waals surface area contributed by atoms with Crippen molar-refractivity contribution >= 4 is 11.9 Å². The molecule has 0 radical (unpaired) electrons. The molecule has 0 aliphatic carbocycles. The van der Waals surface area contributed by atoms with Crippen LogP contribution in [-0.4, -0.2) is 46.2 Å². The van der Waals surface area contributed by atoms with Crippen LogP contribution in [0.25, 0.3) is 0 Å². The number of carboxylic acid groups (broad SMARTS) is 2. The van der Waals surface area contributed by atoms with Gasteiger partial charge in [0, 0.05) is 0 Å². The molecule has 0 rings (SSSR count). The van der Waals surface area contributed by atoms with Gasteiger partial charge in [-0.15, -0.1) is 0 Å². The molecule has 0 bridgehead atoms. The van der Waals surface area contributed by atoms with Gasteiger partial charge in [-0.1, -0.05) is 13.8 Å². The van der Waals surface area contributed by atoms with E-state index in [9.17, 15) is 9.59 Å². The second-order valence-corrected chi connectivity index (χ2v) is 3.13. The van der Waals surface area contributed by atoms with Crippen molar-refractivity contribution in [2.24, 2.45) is 5.92 Å². The molecule has 0 unspecified atom stereocenters. The maximum atomic E-state index is 10.9. The van der Waals surface area contributed by atoms with E-state index < -0.39 is 23.9 Å². The van der Waals surface area contributed by atoms with Crippen molar-refractivity contribution in [3.8, 4) is 0 Å². The van der Waals surface area contributed by atoms with Gasteiger partial charge in [-0.25, -0.2) is 0 Å². The molecule has 0 aromatic heterocycles. The van der Waals surface area contributed by atoms with E-state index in [0.29, 0.717) is 13.1 Å². The Kier molecular flexibility index (Phi) is 5.15. The van der Waals surface area contributed by atoms with Crippen molar-refractivity contribution in [1.29, 1.82) is 0 Å². The fourth-order valence-electron chi connectivity index (χ4n) is 1.44. The van der Waals surface area contributed by atoms with Crippen LogP contribution in [0.2, 0.25) is 0 Å². The first kappa shape index (κ1) is 12.9. The lowest BCUT2D eigenvalue weighted by molar-refractivity contribution is -0.154. The summed E-state index contributed by atoms with van der Waals surface area (Å²) in [5.74, 6) is -3.06. The molecule has 0 heterocycles. The Morgan fingerprint density at radius 1 is 1.14 bits per heavy atom. The van der Waals surface area contributed by atoms with Gasteiger partial charge in [-0.2, -0.15) is 0 Å². The molecular weight excluding hydrogens is 186 g/mol. The van der Waals surface area contributed by atoms with Crippen LogP contribution in [0.4, 0.5) is 0 Å². The smallest absolute Gasteiger partial charge is 0.321 e. The Morgan fingerprint density at radius 3 is 1.79 bits per heavy atom. The predicted molar refractivity (Wildman–Crippen MR) is 51.1 cm³/mol. The summed E-state index contributed by atoms with van der Waals surface area (Å²) in [6, 6.07) is -0.942. The molecule has 0 aromatic rings. The van der Waals surface area contributed by atoms with E-state index in [1.165, 1.54) is 6.92 Å². The topological polar surface area (TPSA) is 77.8 Å². The molecule has 0 aromatic carbocycles. The lowest BCUT2D eigenvalue weighted by Crippen LogP contribution is -2.47. The summed E-state index contributed by atoms with van der Waals surface area (Å²) in [7, 11) is 0. The van der Waals surface area contributed by atoms with Crippen molar-refractivity contribution in [2.75, 3.05) is 13.1 Å². The normalized spacial score (nSPS) is 15.1. The highest BCUT2D eigenvalue weighted by molar-refractivity contribution is 5.82. The first-order valence-corrected chi connectivity index (χ1v) is 4.65. The lowest BCUT2D eigenvalue weighted by atomic mass is 10.0. The van der Waals surface area contributed by atoms with Crippen LogP contribution in [0.15, 0.2) is 0 Å². The predicted octanol–water partition coefficient (Wildman–Crippen LogP) is 0.502. The van der Waals surface area contributed by atoms with Crippen molar-refractivity contribution < 1.29 is 19.8 Å². The van der Waals surface area contributed by atoms with Gasteiger partial charge in [0.1, 0.15) is 6.04 Å². The van der Waals surface area contributed by atoms with E-state index in [1.807, 2.05) is 13.8 Å². The average molecular weight is 203 g/mol. The molecule has 14 heavy (non-hydrogen) atoms. The van der Waals surface area contributed by atoms with Gasteiger partial charge >= 0.3 is 11.9 Å². The van der Waals surface area contributed by atoms with Gasteiger partial charge in [-0.05, 0) is 20.0 Å². The van der Waals surface area contributed by atoms with E-state index in [4.69, 9.17) is 10.2 Å². The quantitative estimate of drug-likeness (QED) is 0.657. The van der Waals surface area contributed by atoms with Crippen LogP contribution in [-0.2, 0) is 9.59 Å². The molecule has 0 aliphatic rings. The third-order valence-electron chi connectivity index (χ3n) is 2.32. The largest absolute Gasteiger partial charge is 0.481 e. The Morgan fingerprint density at radius 2 is 1.57 bits per heavy atom. The number of carboxylic acids is 2. The Balaban J connectivity index is 4.74. The minimum absolute atomic E-state index is 0.533. The number of rotatable bonds is 6. The molecule has 0 saturated carbocycles. The zero-order valence-electron chi connectivity index (χ0n) is 8.73. The van der Waals surface area contributed by atoms with Gasteiger partial charge < -0.3 is 10.2 Å². The molecule has 0 aliphatic heterocycles. The fraction of sp³-hybridized carbons (Fsp3) is 0.778. The highest BCUT2D eigenvalue weighted by Crippen LogP contribution is 2.11. The summed E-state index contributed by atoms with van der Waals surface area (Å²) in [5, 5.41) is 17.7. The van der Waals surface area contributed by atoms with E-state index in [0.717, 1.165) is 0 Å². The van der Waals surface area contributed by atoms with E-state index in [1.54, 1.807) is 4.90 Å². The van der Waals surface area contributed by atoms with Gasteiger partial charge in [0.15, 0.2) is 0 Å². The maximum Gasteiger partial charge on any atom is 0.321 e. The zero-order chi connectivity index (χ0) is 11.3. The first-order valence-electron chi connectivity index (χ1n) is 4.65. The summed E-state index contributed by atoms with van der Waals surface area (Å²) < 4.78 is 0. The van der Waals surface area contributed by atoms with Crippen LogP contribution < -0.4 is 0 Å². The van der Waals surface area contributed by atoms with Gasteiger partial charge in [0.2, 0.25) is 0 Å². The first-order chi connectivity index (χ1) is 6.45. The summed E-state index contributed by atoms with van der Waals surface area (Å²) in [6.45, 7) is 6.11. The highest BCUT2D eigenvalue weighted by atomic mass is 16.4. The molecule has 5 heteroatoms. The molecule has 0 fully saturated rings.